The largest absolute Gasteiger partial charge is 0.480 e. The summed E-state index contributed by atoms with van der Waals surface area (Å²) in [6.45, 7) is 2.90. The van der Waals surface area contributed by atoms with Crippen LogP contribution in [0, 0.1) is 10.7 Å². The minimum Gasteiger partial charge on any atom is -0.480 e. The number of benzene rings is 1. The van der Waals surface area contributed by atoms with Crippen LogP contribution in [0.4, 0.5) is 5.69 Å². The normalized spacial score (nSPS) is 20.7. The fourth-order valence-electron chi connectivity index (χ4n) is 3.30. The third-order valence-corrected chi connectivity index (χ3v) is 5.87. The maximum absolute atomic E-state index is 12.7. The van der Waals surface area contributed by atoms with Gasteiger partial charge < -0.3 is 15.3 Å². The number of hydrogen-bond acceptors (Lipinski definition) is 10. The number of nitrogens with zero attached hydrogens (tertiary/aromatic N) is 7. The van der Waals surface area contributed by atoms with Crippen molar-refractivity contribution < 1.29 is 19.5 Å². The average molecular weight is 476 g/mol. The van der Waals surface area contributed by atoms with Gasteiger partial charge >= 0.3 is 5.97 Å². The van der Waals surface area contributed by atoms with E-state index in [4.69, 9.17) is 12.2 Å². The van der Waals surface area contributed by atoms with Crippen molar-refractivity contribution in [3.63, 3.8) is 0 Å². The minimum atomic E-state index is -1.39. The summed E-state index contributed by atoms with van der Waals surface area (Å²) in [6.07, 6.45) is 0.532. The van der Waals surface area contributed by atoms with Crippen molar-refractivity contribution in [2.45, 2.75) is 25.5 Å². The fraction of sp³-hybridized carbons (Fsp3) is 0.294. The molecule has 0 saturated carbocycles. The number of fused-ring (bicyclic) bond motifs is 1. The molecule has 15 heteroatoms. The minimum absolute atomic E-state index is 0.176. The van der Waals surface area contributed by atoms with Gasteiger partial charge in [0.25, 0.3) is 5.91 Å². The van der Waals surface area contributed by atoms with E-state index in [1.54, 1.807) is 23.1 Å². The van der Waals surface area contributed by atoms with Crippen molar-refractivity contribution in [3.05, 3.63) is 34.6 Å². The molecule has 3 N–H and O–H groups in total. The van der Waals surface area contributed by atoms with Crippen molar-refractivity contribution >= 4 is 59.7 Å². The number of rotatable bonds is 6. The topological polar surface area (TPSA) is 161 Å². The lowest BCUT2D eigenvalue weighted by Gasteiger charge is -2.35. The molecule has 32 heavy (non-hydrogen) atoms. The summed E-state index contributed by atoms with van der Waals surface area (Å²) >= 11 is 6.16. The van der Waals surface area contributed by atoms with Gasteiger partial charge in [0.1, 0.15) is 11.7 Å². The molecule has 3 atom stereocenters. The highest BCUT2D eigenvalue weighted by Gasteiger charge is 2.46. The molecule has 0 saturated heterocycles. The molecule has 2 aliphatic rings. The Balaban J connectivity index is 1.73. The second kappa shape index (κ2) is 8.51. The molecule has 1 aromatic heterocycles. The smallest absolute Gasteiger partial charge is 0.321 e. The van der Waals surface area contributed by atoms with E-state index in [0.717, 1.165) is 10.6 Å². The van der Waals surface area contributed by atoms with Crippen molar-refractivity contribution in [1.82, 2.24) is 29.5 Å². The molecule has 0 spiro atoms. The van der Waals surface area contributed by atoms with Crippen LogP contribution in [0.1, 0.15) is 24.8 Å². The molecule has 2 aromatic rings. The van der Waals surface area contributed by atoms with Crippen LogP contribution in [0.3, 0.4) is 0 Å². The first-order valence-electron chi connectivity index (χ1n) is 9.23. The summed E-state index contributed by atoms with van der Waals surface area (Å²) in [4.78, 5) is 41.8. The van der Waals surface area contributed by atoms with Gasteiger partial charge in [-0.2, -0.15) is 10.1 Å². The number of anilines is 1. The number of aromatic nitrogens is 4. The molecule has 1 aromatic carbocycles. The van der Waals surface area contributed by atoms with E-state index in [-0.39, 0.29) is 16.4 Å². The zero-order valence-electron chi connectivity index (χ0n) is 16.7. The molecular formula is C17H17N9O4S2. The fourth-order valence-corrected chi connectivity index (χ4v) is 4.43. The average Bonchev–Trinajstić information content (AvgIpc) is 3.31. The Labute approximate surface area is 190 Å². The molecule has 2 aliphatic heterocycles. The van der Waals surface area contributed by atoms with E-state index in [0.29, 0.717) is 5.69 Å². The second-order valence-electron chi connectivity index (χ2n) is 6.89. The number of carbonyl (C=O) groups excluding carboxylic acids is 2. The third kappa shape index (κ3) is 4.11. The lowest BCUT2D eigenvalue weighted by atomic mass is 10.0. The van der Waals surface area contributed by atoms with E-state index < -0.39 is 29.5 Å². The SMILES string of the molecule is CC(=O)Nc1cccc(C(Sn2nnc(=S)[nH]2)N2C=NN3C(=O)C(C(=O)O)C(C)=NC32)c1. The molecule has 0 radical (unpaired) electrons. The first kappa shape index (κ1) is 21.6. The molecule has 0 fully saturated rings. The highest BCUT2D eigenvalue weighted by Crippen LogP contribution is 2.38. The van der Waals surface area contributed by atoms with Gasteiger partial charge in [-0.1, -0.05) is 17.2 Å². The van der Waals surface area contributed by atoms with Crippen LogP contribution in [0.5, 0.6) is 0 Å². The maximum Gasteiger partial charge on any atom is 0.321 e. The molecule has 0 aliphatic carbocycles. The third-order valence-electron chi connectivity index (χ3n) is 4.62. The van der Waals surface area contributed by atoms with Crippen LogP contribution < -0.4 is 5.32 Å². The number of aromatic amines is 1. The zero-order valence-corrected chi connectivity index (χ0v) is 18.4. The summed E-state index contributed by atoms with van der Waals surface area (Å²) in [5.41, 5.74) is 1.48. The Bertz CT molecular complexity index is 1210. The van der Waals surface area contributed by atoms with Crippen LogP contribution in [0.15, 0.2) is 34.4 Å². The highest BCUT2D eigenvalue weighted by molar-refractivity contribution is 7.97. The molecule has 13 nitrogen and oxygen atoms in total. The first-order valence-corrected chi connectivity index (χ1v) is 10.5. The summed E-state index contributed by atoms with van der Waals surface area (Å²) in [5, 5.41) is 27.2. The number of carboxylic acids is 1. The number of carboxylic acid groups (broad SMARTS) is 1. The standard InChI is InChI=1S/C17H17N9O4S2/c1-8-12(15(29)30)13(28)25-17(19-8)24(7-18-25)14(32-26-22-16(31)21-23-26)10-4-3-5-11(6-10)20-9(2)27/h3-7,12,14,17H,1-2H3,(H,20,27)(H,22,31)(H,29,30). The maximum atomic E-state index is 12.7. The van der Waals surface area contributed by atoms with E-state index in [9.17, 15) is 19.5 Å². The van der Waals surface area contributed by atoms with E-state index in [1.165, 1.54) is 36.3 Å². The molecular weight excluding hydrogens is 458 g/mol. The van der Waals surface area contributed by atoms with Crippen molar-refractivity contribution in [3.8, 4) is 0 Å². The molecule has 3 heterocycles. The van der Waals surface area contributed by atoms with Crippen LogP contribution in [-0.4, -0.2) is 70.8 Å². The Morgan fingerprint density at radius 2 is 2.16 bits per heavy atom. The molecule has 3 unspecified atom stereocenters. The van der Waals surface area contributed by atoms with Gasteiger partial charge in [0, 0.05) is 30.3 Å². The van der Waals surface area contributed by atoms with Gasteiger partial charge in [-0.05, 0) is 42.1 Å². The highest BCUT2D eigenvalue weighted by atomic mass is 32.2. The van der Waals surface area contributed by atoms with Crippen LogP contribution in [-0.2, 0) is 14.4 Å². The van der Waals surface area contributed by atoms with Crippen LogP contribution in [0.25, 0.3) is 0 Å². The number of hydrogen-bond donors (Lipinski definition) is 3. The summed E-state index contributed by atoms with van der Waals surface area (Å²) in [5.74, 6) is -3.57. The van der Waals surface area contributed by atoms with Crippen molar-refractivity contribution in [1.29, 1.82) is 0 Å². The Kier molecular flexibility index (Phi) is 5.75. The summed E-state index contributed by atoms with van der Waals surface area (Å²) in [6, 6.07) is 7.10. The van der Waals surface area contributed by atoms with Crippen molar-refractivity contribution in [2.24, 2.45) is 16.0 Å². The zero-order chi connectivity index (χ0) is 23.0. The predicted octanol–water partition coefficient (Wildman–Crippen LogP) is 1.04. The number of aliphatic carboxylic acids is 1. The summed E-state index contributed by atoms with van der Waals surface area (Å²) in [7, 11) is 0. The lowest BCUT2D eigenvalue weighted by Crippen LogP contribution is -2.51. The number of carbonyl (C=O) groups is 3. The number of aliphatic imine (C=N–C) groups is 1. The van der Waals surface area contributed by atoms with Gasteiger partial charge in [-0.15, -0.1) is 4.20 Å². The molecule has 2 amide bonds. The monoisotopic (exact) mass is 475 g/mol. The Hall–Kier alpha value is -3.59. The van der Waals surface area contributed by atoms with Gasteiger partial charge in [0.15, 0.2) is 5.92 Å². The predicted molar refractivity (Wildman–Crippen MR) is 117 cm³/mol. The molecule has 4 rings (SSSR count). The van der Waals surface area contributed by atoms with Gasteiger partial charge in [-0.3, -0.25) is 14.4 Å². The van der Waals surface area contributed by atoms with Gasteiger partial charge in [-0.25, -0.2) is 10.1 Å². The Morgan fingerprint density at radius 1 is 1.38 bits per heavy atom. The van der Waals surface area contributed by atoms with E-state index in [1.807, 2.05) is 6.07 Å². The van der Waals surface area contributed by atoms with E-state index >= 15 is 0 Å². The first-order chi connectivity index (χ1) is 15.2. The number of nitrogens with one attached hydrogen (secondary N) is 2. The Morgan fingerprint density at radius 3 is 2.81 bits per heavy atom. The van der Waals surface area contributed by atoms with Crippen LogP contribution in [0.2, 0.25) is 0 Å². The summed E-state index contributed by atoms with van der Waals surface area (Å²) < 4.78 is 1.54. The van der Waals surface area contributed by atoms with Crippen LogP contribution >= 0.6 is 24.2 Å². The molecule has 0 bridgehead atoms. The van der Waals surface area contributed by atoms with Gasteiger partial charge in [0.2, 0.25) is 17.0 Å². The lowest BCUT2D eigenvalue weighted by molar-refractivity contribution is -0.150. The number of amides is 2. The number of hydrazone groups is 1. The van der Waals surface area contributed by atoms with Crippen molar-refractivity contribution in [2.75, 3.05) is 5.32 Å². The van der Waals surface area contributed by atoms with Gasteiger partial charge in [0.05, 0.1) is 0 Å². The molecule has 166 valence electrons. The number of H-pyrrole nitrogens is 1. The number of tetrazole rings is 1. The second-order valence-corrected chi connectivity index (χ2v) is 8.28. The quantitative estimate of drug-likeness (QED) is 0.409. The van der Waals surface area contributed by atoms with E-state index in [2.05, 4.69) is 30.8 Å².